The van der Waals surface area contributed by atoms with Crippen LogP contribution in [0, 0.1) is 6.92 Å². The highest BCUT2D eigenvalue weighted by molar-refractivity contribution is 6.05. The van der Waals surface area contributed by atoms with E-state index in [1.807, 2.05) is 43.3 Å². The number of carbonyl (C=O) groups excluding carboxylic acids is 1. The summed E-state index contributed by atoms with van der Waals surface area (Å²) in [6.45, 7) is 5.04. The highest BCUT2D eigenvalue weighted by Crippen LogP contribution is 2.13. The van der Waals surface area contributed by atoms with E-state index in [2.05, 4.69) is 22.5 Å². The van der Waals surface area contributed by atoms with Gasteiger partial charge in [-0.05, 0) is 37.1 Å². The fourth-order valence-corrected chi connectivity index (χ4v) is 2.19. The standard InChI is InChI=1S/C18H23N3O/c1-3-4-7-12-19-17-11-10-15(13-20-17)21-18(22)16-9-6-5-8-14(16)2/h5-6,8-11,13H,3-4,7,12H2,1-2H3,(H,19,20)(H,21,22). The quantitative estimate of drug-likeness (QED) is 0.751. The lowest BCUT2D eigenvalue weighted by Gasteiger charge is -2.09. The predicted molar refractivity (Wildman–Crippen MR) is 91.4 cm³/mol. The maximum Gasteiger partial charge on any atom is 0.255 e. The van der Waals surface area contributed by atoms with Crippen LogP contribution in [0.5, 0.6) is 0 Å². The smallest absolute Gasteiger partial charge is 0.255 e. The number of rotatable bonds is 7. The molecule has 4 nitrogen and oxygen atoms in total. The van der Waals surface area contributed by atoms with Crippen LogP contribution in [0.15, 0.2) is 42.6 Å². The molecule has 0 bridgehead atoms. The van der Waals surface area contributed by atoms with E-state index in [1.165, 1.54) is 12.8 Å². The molecule has 0 saturated heterocycles. The van der Waals surface area contributed by atoms with E-state index in [0.29, 0.717) is 11.3 Å². The molecule has 0 spiro atoms. The number of nitrogens with one attached hydrogen (secondary N) is 2. The first-order chi connectivity index (χ1) is 10.7. The molecule has 1 aromatic heterocycles. The van der Waals surface area contributed by atoms with Gasteiger partial charge in [0.25, 0.3) is 5.91 Å². The van der Waals surface area contributed by atoms with Gasteiger partial charge in [-0.1, -0.05) is 38.0 Å². The average Bonchev–Trinajstić information content (AvgIpc) is 2.53. The molecular weight excluding hydrogens is 274 g/mol. The topological polar surface area (TPSA) is 54.0 Å². The van der Waals surface area contributed by atoms with Crippen LogP contribution in [0.25, 0.3) is 0 Å². The maximum atomic E-state index is 12.2. The van der Waals surface area contributed by atoms with Crippen LogP contribution in [0.3, 0.4) is 0 Å². The van der Waals surface area contributed by atoms with Gasteiger partial charge in [-0.25, -0.2) is 4.98 Å². The summed E-state index contributed by atoms with van der Waals surface area (Å²) in [7, 11) is 0. The molecule has 0 atom stereocenters. The summed E-state index contributed by atoms with van der Waals surface area (Å²) in [5, 5.41) is 6.15. The number of hydrogen-bond acceptors (Lipinski definition) is 3. The van der Waals surface area contributed by atoms with Gasteiger partial charge >= 0.3 is 0 Å². The van der Waals surface area contributed by atoms with Crippen LogP contribution in [-0.2, 0) is 0 Å². The minimum atomic E-state index is -0.108. The highest BCUT2D eigenvalue weighted by Gasteiger charge is 2.08. The lowest BCUT2D eigenvalue weighted by Crippen LogP contribution is -2.13. The number of anilines is 2. The lowest BCUT2D eigenvalue weighted by molar-refractivity contribution is 0.102. The maximum absolute atomic E-state index is 12.2. The molecule has 0 aliphatic rings. The highest BCUT2D eigenvalue weighted by atomic mass is 16.1. The van der Waals surface area contributed by atoms with Gasteiger partial charge in [0, 0.05) is 12.1 Å². The summed E-state index contributed by atoms with van der Waals surface area (Å²) in [6, 6.07) is 11.3. The van der Waals surface area contributed by atoms with Crippen molar-refractivity contribution in [3.8, 4) is 0 Å². The number of aromatic nitrogens is 1. The molecule has 0 aliphatic heterocycles. The third-order valence-corrected chi connectivity index (χ3v) is 3.50. The number of aryl methyl sites for hydroxylation is 1. The molecule has 1 aromatic carbocycles. The summed E-state index contributed by atoms with van der Waals surface area (Å²) >= 11 is 0. The van der Waals surface area contributed by atoms with Crippen LogP contribution in [0.1, 0.15) is 42.1 Å². The van der Waals surface area contributed by atoms with Crippen molar-refractivity contribution in [3.63, 3.8) is 0 Å². The van der Waals surface area contributed by atoms with Crippen molar-refractivity contribution in [3.05, 3.63) is 53.7 Å². The lowest BCUT2D eigenvalue weighted by atomic mass is 10.1. The minimum Gasteiger partial charge on any atom is -0.370 e. The molecule has 0 saturated carbocycles. The number of carbonyl (C=O) groups is 1. The summed E-state index contributed by atoms with van der Waals surface area (Å²) < 4.78 is 0. The van der Waals surface area contributed by atoms with Crippen LogP contribution in [-0.4, -0.2) is 17.4 Å². The Labute approximate surface area is 132 Å². The second-order valence-electron chi connectivity index (χ2n) is 5.34. The number of amides is 1. The molecule has 4 heteroatoms. The summed E-state index contributed by atoms with van der Waals surface area (Å²) in [4.78, 5) is 16.5. The van der Waals surface area contributed by atoms with E-state index in [0.717, 1.165) is 24.3 Å². The van der Waals surface area contributed by atoms with Crippen molar-refractivity contribution in [2.45, 2.75) is 33.1 Å². The molecular formula is C18H23N3O. The summed E-state index contributed by atoms with van der Waals surface area (Å²) in [6.07, 6.45) is 5.25. The second kappa shape index (κ2) is 8.17. The van der Waals surface area contributed by atoms with E-state index in [-0.39, 0.29) is 5.91 Å². The first-order valence-electron chi connectivity index (χ1n) is 7.77. The number of unbranched alkanes of at least 4 members (excludes halogenated alkanes) is 2. The normalized spacial score (nSPS) is 10.3. The monoisotopic (exact) mass is 297 g/mol. The van der Waals surface area contributed by atoms with Crippen LogP contribution in [0.2, 0.25) is 0 Å². The van der Waals surface area contributed by atoms with E-state index < -0.39 is 0 Å². The molecule has 116 valence electrons. The van der Waals surface area contributed by atoms with Crippen molar-refractivity contribution in [1.29, 1.82) is 0 Å². The van der Waals surface area contributed by atoms with Crippen LogP contribution < -0.4 is 10.6 Å². The van der Waals surface area contributed by atoms with Crippen molar-refractivity contribution in [1.82, 2.24) is 4.98 Å². The summed E-state index contributed by atoms with van der Waals surface area (Å²) in [5.41, 5.74) is 2.35. The molecule has 2 N–H and O–H groups in total. The fraction of sp³-hybridized carbons (Fsp3) is 0.333. The van der Waals surface area contributed by atoms with E-state index in [9.17, 15) is 4.79 Å². The summed E-state index contributed by atoms with van der Waals surface area (Å²) in [5.74, 6) is 0.730. The van der Waals surface area contributed by atoms with Crippen molar-refractivity contribution in [2.24, 2.45) is 0 Å². The van der Waals surface area contributed by atoms with Crippen molar-refractivity contribution < 1.29 is 4.79 Å². The Hall–Kier alpha value is -2.36. The van der Waals surface area contributed by atoms with Gasteiger partial charge in [0.15, 0.2) is 0 Å². The van der Waals surface area contributed by atoms with Gasteiger partial charge in [0.05, 0.1) is 11.9 Å². The molecule has 1 heterocycles. The molecule has 0 unspecified atom stereocenters. The number of benzene rings is 1. The van der Waals surface area contributed by atoms with E-state index >= 15 is 0 Å². The van der Waals surface area contributed by atoms with Gasteiger partial charge in [0.1, 0.15) is 5.82 Å². The van der Waals surface area contributed by atoms with Gasteiger partial charge in [0.2, 0.25) is 0 Å². The molecule has 2 rings (SSSR count). The Morgan fingerprint density at radius 1 is 1.14 bits per heavy atom. The van der Waals surface area contributed by atoms with Crippen molar-refractivity contribution in [2.75, 3.05) is 17.2 Å². The zero-order valence-corrected chi connectivity index (χ0v) is 13.2. The van der Waals surface area contributed by atoms with E-state index in [1.54, 1.807) is 6.20 Å². The third-order valence-electron chi connectivity index (χ3n) is 3.50. The molecule has 1 amide bonds. The Bertz CT molecular complexity index is 608. The molecule has 0 aliphatic carbocycles. The van der Waals surface area contributed by atoms with Crippen LogP contribution in [0.4, 0.5) is 11.5 Å². The Kier molecular flexibility index (Phi) is 5.95. The Morgan fingerprint density at radius 2 is 1.95 bits per heavy atom. The Morgan fingerprint density at radius 3 is 2.64 bits per heavy atom. The molecule has 0 radical (unpaired) electrons. The van der Waals surface area contributed by atoms with Crippen LogP contribution >= 0.6 is 0 Å². The molecule has 22 heavy (non-hydrogen) atoms. The third kappa shape index (κ3) is 4.58. The minimum absolute atomic E-state index is 0.108. The SMILES string of the molecule is CCCCCNc1ccc(NC(=O)c2ccccc2C)cn1. The first kappa shape index (κ1) is 16.0. The largest absolute Gasteiger partial charge is 0.370 e. The predicted octanol–water partition coefficient (Wildman–Crippen LogP) is 4.24. The molecule has 0 fully saturated rings. The fourth-order valence-electron chi connectivity index (χ4n) is 2.19. The van der Waals surface area contributed by atoms with Gasteiger partial charge < -0.3 is 10.6 Å². The average molecular weight is 297 g/mol. The first-order valence-corrected chi connectivity index (χ1v) is 7.77. The second-order valence-corrected chi connectivity index (χ2v) is 5.34. The van der Waals surface area contributed by atoms with E-state index in [4.69, 9.17) is 0 Å². The zero-order valence-electron chi connectivity index (χ0n) is 13.2. The molecule has 2 aromatic rings. The Balaban J connectivity index is 1.91. The van der Waals surface area contributed by atoms with Gasteiger partial charge in [-0.2, -0.15) is 0 Å². The number of hydrogen-bond donors (Lipinski definition) is 2. The van der Waals surface area contributed by atoms with Crippen molar-refractivity contribution >= 4 is 17.4 Å². The zero-order chi connectivity index (χ0) is 15.8. The number of nitrogens with zero attached hydrogens (tertiary/aromatic N) is 1. The number of pyridine rings is 1. The van der Waals surface area contributed by atoms with Gasteiger partial charge in [-0.15, -0.1) is 0 Å². The van der Waals surface area contributed by atoms with Gasteiger partial charge in [-0.3, -0.25) is 4.79 Å².